The van der Waals surface area contributed by atoms with Gasteiger partial charge in [0.2, 0.25) is 0 Å². The molecule has 0 aromatic heterocycles. The van der Waals surface area contributed by atoms with E-state index in [9.17, 15) is 0 Å². The van der Waals surface area contributed by atoms with Crippen molar-refractivity contribution in [2.75, 3.05) is 33.0 Å². The third kappa shape index (κ3) is 1.90. The molecule has 0 aliphatic carbocycles. The van der Waals surface area contributed by atoms with E-state index in [1.165, 1.54) is 11.1 Å². The Morgan fingerprint density at radius 2 is 1.84 bits per heavy atom. The van der Waals surface area contributed by atoms with Crippen molar-refractivity contribution in [3.8, 4) is 11.5 Å². The second-order valence-corrected chi connectivity index (χ2v) is 5.60. The predicted octanol–water partition coefficient (Wildman–Crippen LogP) is 1.63. The van der Waals surface area contributed by atoms with Crippen LogP contribution in [0.25, 0.3) is 0 Å². The number of aryl methyl sites for hydroxylation is 1. The summed E-state index contributed by atoms with van der Waals surface area (Å²) in [6.07, 6.45) is 0. The molecule has 3 rings (SSSR count). The van der Waals surface area contributed by atoms with Crippen molar-refractivity contribution in [2.45, 2.75) is 19.3 Å². The van der Waals surface area contributed by atoms with Gasteiger partial charge in [-0.3, -0.25) is 0 Å². The minimum absolute atomic E-state index is 0.0364. The molecule has 0 saturated carbocycles. The summed E-state index contributed by atoms with van der Waals surface area (Å²) < 4.78 is 16.8. The Kier molecular flexibility index (Phi) is 3.15. The zero-order chi connectivity index (χ0) is 13.5. The van der Waals surface area contributed by atoms with Gasteiger partial charge in [0.1, 0.15) is 13.2 Å². The molecule has 1 atom stereocenters. The van der Waals surface area contributed by atoms with Crippen LogP contribution in [0, 0.1) is 12.8 Å². The Balaban J connectivity index is 2.04. The summed E-state index contributed by atoms with van der Waals surface area (Å²) in [4.78, 5) is 0. The van der Waals surface area contributed by atoms with Crippen LogP contribution in [0.3, 0.4) is 0 Å². The fourth-order valence-corrected chi connectivity index (χ4v) is 2.98. The van der Waals surface area contributed by atoms with Crippen molar-refractivity contribution in [3.05, 3.63) is 23.3 Å². The molecule has 1 saturated heterocycles. The summed E-state index contributed by atoms with van der Waals surface area (Å²) in [6.45, 7) is 7.70. The van der Waals surface area contributed by atoms with Crippen LogP contribution < -0.4 is 15.2 Å². The van der Waals surface area contributed by atoms with E-state index < -0.39 is 0 Å². The third-order valence-corrected chi connectivity index (χ3v) is 4.44. The summed E-state index contributed by atoms with van der Waals surface area (Å²) in [5.41, 5.74) is 8.44. The van der Waals surface area contributed by atoms with Gasteiger partial charge < -0.3 is 19.9 Å². The number of ether oxygens (including phenoxy) is 3. The highest BCUT2D eigenvalue weighted by atomic mass is 16.6. The molecular formula is C15H21NO3. The Bertz CT molecular complexity index is 483. The molecule has 1 aromatic carbocycles. The van der Waals surface area contributed by atoms with Gasteiger partial charge in [-0.2, -0.15) is 0 Å². The summed E-state index contributed by atoms with van der Waals surface area (Å²) in [5, 5.41) is 0. The fraction of sp³-hybridized carbons (Fsp3) is 0.600. The molecule has 2 heterocycles. The second kappa shape index (κ2) is 4.69. The van der Waals surface area contributed by atoms with Gasteiger partial charge in [-0.15, -0.1) is 0 Å². The minimum atomic E-state index is 0.0364. The Morgan fingerprint density at radius 1 is 1.21 bits per heavy atom. The van der Waals surface area contributed by atoms with Crippen LogP contribution in [-0.2, 0) is 10.2 Å². The van der Waals surface area contributed by atoms with E-state index in [0.717, 1.165) is 24.7 Å². The Morgan fingerprint density at radius 3 is 2.37 bits per heavy atom. The van der Waals surface area contributed by atoms with E-state index in [1.807, 2.05) is 0 Å². The maximum Gasteiger partial charge on any atom is 0.161 e. The van der Waals surface area contributed by atoms with Crippen LogP contribution in [0.1, 0.15) is 18.1 Å². The standard InChI is InChI=1S/C15H21NO3/c1-10-5-13-14(19-4-3-18-13)6-12(10)15(8-17-9-15)11(2)7-16/h5-6,11H,3-4,7-9,16H2,1-2H3. The van der Waals surface area contributed by atoms with Gasteiger partial charge in [0, 0.05) is 5.41 Å². The molecule has 19 heavy (non-hydrogen) atoms. The molecule has 2 N–H and O–H groups in total. The number of nitrogens with two attached hydrogens (primary N) is 1. The summed E-state index contributed by atoms with van der Waals surface area (Å²) in [7, 11) is 0. The second-order valence-electron chi connectivity index (χ2n) is 5.60. The summed E-state index contributed by atoms with van der Waals surface area (Å²) in [6, 6.07) is 4.20. The van der Waals surface area contributed by atoms with Crippen LogP contribution in [-0.4, -0.2) is 33.0 Å². The van der Waals surface area contributed by atoms with E-state index in [0.29, 0.717) is 25.7 Å². The molecule has 2 aliphatic heterocycles. The van der Waals surface area contributed by atoms with Crippen LogP contribution in [0.15, 0.2) is 12.1 Å². The SMILES string of the molecule is Cc1cc2c(cc1C1(C(C)CN)COC1)OCCO2. The van der Waals surface area contributed by atoms with Crippen LogP contribution >= 0.6 is 0 Å². The first-order valence-corrected chi connectivity index (χ1v) is 6.86. The van der Waals surface area contributed by atoms with Crippen molar-refractivity contribution in [1.29, 1.82) is 0 Å². The lowest BCUT2D eigenvalue weighted by Crippen LogP contribution is -2.54. The van der Waals surface area contributed by atoms with Crippen molar-refractivity contribution >= 4 is 0 Å². The molecule has 1 unspecified atom stereocenters. The highest BCUT2D eigenvalue weighted by Crippen LogP contribution is 2.44. The average molecular weight is 263 g/mol. The maximum absolute atomic E-state index is 5.88. The van der Waals surface area contributed by atoms with E-state index in [2.05, 4.69) is 26.0 Å². The van der Waals surface area contributed by atoms with E-state index in [4.69, 9.17) is 19.9 Å². The predicted molar refractivity (Wildman–Crippen MR) is 72.9 cm³/mol. The van der Waals surface area contributed by atoms with Crippen LogP contribution in [0.2, 0.25) is 0 Å². The molecular weight excluding hydrogens is 242 g/mol. The first-order valence-electron chi connectivity index (χ1n) is 6.86. The molecule has 0 radical (unpaired) electrons. The van der Waals surface area contributed by atoms with Crippen molar-refractivity contribution in [1.82, 2.24) is 0 Å². The molecule has 0 spiro atoms. The van der Waals surface area contributed by atoms with Gasteiger partial charge in [-0.05, 0) is 42.6 Å². The first-order chi connectivity index (χ1) is 9.17. The molecule has 1 aromatic rings. The van der Waals surface area contributed by atoms with Gasteiger partial charge in [-0.1, -0.05) is 6.92 Å². The highest BCUT2D eigenvalue weighted by Gasteiger charge is 2.45. The average Bonchev–Trinajstić information content (AvgIpc) is 2.37. The number of hydrogen-bond donors (Lipinski definition) is 1. The normalized spacial score (nSPS) is 21.6. The number of fused-ring (bicyclic) bond motifs is 1. The summed E-state index contributed by atoms with van der Waals surface area (Å²) >= 11 is 0. The summed E-state index contributed by atoms with van der Waals surface area (Å²) in [5.74, 6) is 2.09. The lowest BCUT2D eigenvalue weighted by atomic mass is 9.68. The van der Waals surface area contributed by atoms with Gasteiger partial charge in [0.25, 0.3) is 0 Å². The maximum atomic E-state index is 5.88. The molecule has 104 valence electrons. The quantitative estimate of drug-likeness (QED) is 0.900. The van der Waals surface area contributed by atoms with Crippen LogP contribution in [0.5, 0.6) is 11.5 Å². The number of rotatable bonds is 3. The zero-order valence-electron chi connectivity index (χ0n) is 11.6. The molecule has 0 bridgehead atoms. The van der Waals surface area contributed by atoms with Gasteiger partial charge in [0.15, 0.2) is 11.5 Å². The smallest absolute Gasteiger partial charge is 0.161 e. The Hall–Kier alpha value is -1.26. The zero-order valence-corrected chi connectivity index (χ0v) is 11.6. The van der Waals surface area contributed by atoms with Gasteiger partial charge in [0.05, 0.1) is 13.2 Å². The molecule has 1 fully saturated rings. The lowest BCUT2D eigenvalue weighted by molar-refractivity contribution is -0.0858. The molecule has 2 aliphatic rings. The van der Waals surface area contributed by atoms with Gasteiger partial charge in [-0.25, -0.2) is 0 Å². The van der Waals surface area contributed by atoms with E-state index >= 15 is 0 Å². The largest absolute Gasteiger partial charge is 0.486 e. The Labute approximate surface area is 113 Å². The molecule has 4 nitrogen and oxygen atoms in total. The minimum Gasteiger partial charge on any atom is -0.486 e. The van der Waals surface area contributed by atoms with Gasteiger partial charge >= 0.3 is 0 Å². The van der Waals surface area contributed by atoms with Crippen molar-refractivity contribution in [3.63, 3.8) is 0 Å². The van der Waals surface area contributed by atoms with Crippen LogP contribution in [0.4, 0.5) is 0 Å². The third-order valence-electron chi connectivity index (χ3n) is 4.44. The number of benzene rings is 1. The first kappa shape index (κ1) is 12.8. The highest BCUT2D eigenvalue weighted by molar-refractivity contribution is 5.51. The lowest BCUT2D eigenvalue weighted by Gasteiger charge is -2.47. The van der Waals surface area contributed by atoms with E-state index in [1.54, 1.807) is 0 Å². The van der Waals surface area contributed by atoms with E-state index in [-0.39, 0.29) is 5.41 Å². The van der Waals surface area contributed by atoms with Crippen molar-refractivity contribution < 1.29 is 14.2 Å². The molecule has 4 heteroatoms. The molecule has 0 amide bonds. The number of hydrogen-bond acceptors (Lipinski definition) is 4. The fourth-order valence-electron chi connectivity index (χ4n) is 2.98. The van der Waals surface area contributed by atoms with Crippen molar-refractivity contribution in [2.24, 2.45) is 11.7 Å². The topological polar surface area (TPSA) is 53.7 Å². The monoisotopic (exact) mass is 263 g/mol.